The molecule has 0 aromatic carbocycles. The first-order valence-electron chi connectivity index (χ1n) is 4.98. The molecule has 18 heavy (non-hydrogen) atoms. The molecule has 0 bridgehead atoms. The molecule has 1 atom stereocenters. The van der Waals surface area contributed by atoms with Crippen molar-refractivity contribution in [1.82, 2.24) is 4.90 Å². The molecule has 0 saturated carbocycles. The first-order valence-corrected chi connectivity index (χ1v) is 4.98. The van der Waals surface area contributed by atoms with Gasteiger partial charge in [-0.1, -0.05) is 0 Å². The van der Waals surface area contributed by atoms with Crippen LogP contribution in [0.5, 0.6) is 0 Å². The highest BCUT2D eigenvalue weighted by Gasteiger charge is 2.38. The molecule has 0 aromatic rings. The summed E-state index contributed by atoms with van der Waals surface area (Å²) in [5.41, 5.74) is 0. The van der Waals surface area contributed by atoms with Crippen LogP contribution in [0.2, 0.25) is 0 Å². The fraction of sp³-hybridized carbons (Fsp3) is 0.778. The van der Waals surface area contributed by atoms with Crippen molar-refractivity contribution in [2.75, 3.05) is 26.2 Å². The maximum Gasteiger partial charge on any atom is 0.490 e. The van der Waals surface area contributed by atoms with Gasteiger partial charge in [-0.3, -0.25) is 9.69 Å². The van der Waals surface area contributed by atoms with Gasteiger partial charge in [0.1, 0.15) is 0 Å². The summed E-state index contributed by atoms with van der Waals surface area (Å²) in [4.78, 5) is 21.1. The SMILES string of the molecule is C[C@H]1CN(CC(=O)O)CCO1.O=C(O)C(F)(F)F. The van der Waals surface area contributed by atoms with Gasteiger partial charge in [-0.25, -0.2) is 4.79 Å². The minimum absolute atomic E-state index is 0.133. The monoisotopic (exact) mass is 273 g/mol. The highest BCUT2D eigenvalue weighted by atomic mass is 19.4. The maximum absolute atomic E-state index is 10.6. The van der Waals surface area contributed by atoms with Crippen LogP contribution < -0.4 is 0 Å². The van der Waals surface area contributed by atoms with E-state index in [0.717, 1.165) is 13.1 Å². The van der Waals surface area contributed by atoms with E-state index < -0.39 is 18.1 Å². The Labute approximate surface area is 101 Å². The third-order valence-electron chi connectivity index (χ3n) is 1.93. The number of carboxylic acids is 2. The lowest BCUT2D eigenvalue weighted by molar-refractivity contribution is -0.192. The second-order valence-corrected chi connectivity index (χ2v) is 3.61. The molecular weight excluding hydrogens is 259 g/mol. The van der Waals surface area contributed by atoms with E-state index in [4.69, 9.17) is 19.7 Å². The van der Waals surface area contributed by atoms with Gasteiger partial charge >= 0.3 is 18.1 Å². The molecule has 9 heteroatoms. The van der Waals surface area contributed by atoms with E-state index in [-0.39, 0.29) is 12.6 Å². The Kier molecular flexibility index (Phi) is 6.63. The van der Waals surface area contributed by atoms with Gasteiger partial charge in [0.05, 0.1) is 19.3 Å². The third-order valence-corrected chi connectivity index (χ3v) is 1.93. The van der Waals surface area contributed by atoms with Crippen molar-refractivity contribution in [2.45, 2.75) is 19.2 Å². The van der Waals surface area contributed by atoms with Gasteiger partial charge < -0.3 is 14.9 Å². The van der Waals surface area contributed by atoms with E-state index in [1.54, 1.807) is 0 Å². The Morgan fingerprint density at radius 3 is 2.22 bits per heavy atom. The molecule has 1 rings (SSSR count). The summed E-state index contributed by atoms with van der Waals surface area (Å²) < 4.78 is 37.0. The molecule has 6 nitrogen and oxygen atoms in total. The highest BCUT2D eigenvalue weighted by molar-refractivity contribution is 5.73. The zero-order valence-electron chi connectivity index (χ0n) is 9.61. The Balaban J connectivity index is 0.000000360. The van der Waals surface area contributed by atoms with E-state index in [1.807, 2.05) is 11.8 Å². The largest absolute Gasteiger partial charge is 0.490 e. The summed E-state index contributed by atoms with van der Waals surface area (Å²) in [6, 6.07) is 0. The molecular formula is C9H14F3NO5. The standard InChI is InChI=1S/C7H13NO3.C2HF3O2/c1-6-4-8(2-3-11-6)5-7(9)10;3-2(4,5)1(6)7/h6H,2-5H2,1H3,(H,9,10);(H,6,7)/t6-;/m0./s1. The van der Waals surface area contributed by atoms with Crippen LogP contribution in [0.4, 0.5) is 13.2 Å². The van der Waals surface area contributed by atoms with Gasteiger partial charge in [0.2, 0.25) is 0 Å². The summed E-state index contributed by atoms with van der Waals surface area (Å²) in [5.74, 6) is -3.52. The molecule has 106 valence electrons. The van der Waals surface area contributed by atoms with E-state index in [1.165, 1.54) is 0 Å². The fourth-order valence-electron chi connectivity index (χ4n) is 1.23. The summed E-state index contributed by atoms with van der Waals surface area (Å²) >= 11 is 0. The lowest BCUT2D eigenvalue weighted by Gasteiger charge is -2.29. The predicted octanol–water partition coefficient (Wildman–Crippen LogP) is 0.425. The molecule has 1 aliphatic rings. The summed E-state index contributed by atoms with van der Waals surface area (Å²) in [6.07, 6.45) is -4.91. The average molecular weight is 273 g/mol. The Morgan fingerprint density at radius 2 is 1.89 bits per heavy atom. The van der Waals surface area contributed by atoms with Crippen molar-refractivity contribution < 1.29 is 37.7 Å². The zero-order valence-corrected chi connectivity index (χ0v) is 9.61. The molecule has 0 amide bonds. The van der Waals surface area contributed by atoms with Gasteiger partial charge in [-0.05, 0) is 6.92 Å². The minimum Gasteiger partial charge on any atom is -0.480 e. The summed E-state index contributed by atoms with van der Waals surface area (Å²) in [5, 5.41) is 15.6. The molecule has 1 heterocycles. The van der Waals surface area contributed by atoms with Crippen LogP contribution in [0.1, 0.15) is 6.92 Å². The smallest absolute Gasteiger partial charge is 0.480 e. The Morgan fingerprint density at radius 1 is 1.39 bits per heavy atom. The topological polar surface area (TPSA) is 87.1 Å². The predicted molar refractivity (Wildman–Crippen MR) is 53.2 cm³/mol. The molecule has 1 saturated heterocycles. The number of alkyl halides is 3. The number of ether oxygens (including phenoxy) is 1. The van der Waals surface area contributed by atoms with Crippen molar-refractivity contribution >= 4 is 11.9 Å². The van der Waals surface area contributed by atoms with Crippen LogP contribution >= 0.6 is 0 Å². The first-order chi connectivity index (χ1) is 8.12. The lowest BCUT2D eigenvalue weighted by atomic mass is 10.3. The second kappa shape index (κ2) is 7.17. The van der Waals surface area contributed by atoms with Crippen molar-refractivity contribution in [3.05, 3.63) is 0 Å². The molecule has 2 N–H and O–H groups in total. The second-order valence-electron chi connectivity index (χ2n) is 3.61. The fourth-order valence-corrected chi connectivity index (χ4v) is 1.23. The number of halogens is 3. The van der Waals surface area contributed by atoms with Crippen LogP contribution in [0.15, 0.2) is 0 Å². The number of hydrogen-bond acceptors (Lipinski definition) is 4. The van der Waals surface area contributed by atoms with Gasteiger partial charge in [0.15, 0.2) is 0 Å². The number of morpholine rings is 1. The summed E-state index contributed by atoms with van der Waals surface area (Å²) in [6.45, 7) is 4.19. The van der Waals surface area contributed by atoms with Crippen LogP contribution in [-0.4, -0.2) is 65.6 Å². The van der Waals surface area contributed by atoms with E-state index in [2.05, 4.69) is 0 Å². The number of hydrogen-bond donors (Lipinski definition) is 2. The van der Waals surface area contributed by atoms with E-state index in [9.17, 15) is 18.0 Å². The molecule has 0 aliphatic carbocycles. The van der Waals surface area contributed by atoms with Gasteiger partial charge in [0.25, 0.3) is 0 Å². The number of rotatable bonds is 2. The quantitative estimate of drug-likeness (QED) is 0.758. The molecule has 0 aromatic heterocycles. The maximum atomic E-state index is 10.6. The normalized spacial score (nSPS) is 20.8. The number of carbonyl (C=O) groups is 2. The lowest BCUT2D eigenvalue weighted by Crippen LogP contribution is -2.43. The number of carboxylic acid groups (broad SMARTS) is 2. The van der Waals surface area contributed by atoms with Crippen molar-refractivity contribution in [3.8, 4) is 0 Å². The van der Waals surface area contributed by atoms with Crippen molar-refractivity contribution in [2.24, 2.45) is 0 Å². The number of nitrogens with zero attached hydrogens (tertiary/aromatic N) is 1. The molecule has 1 aliphatic heterocycles. The average Bonchev–Trinajstić information content (AvgIpc) is 2.15. The van der Waals surface area contributed by atoms with Crippen LogP contribution in [-0.2, 0) is 14.3 Å². The van der Waals surface area contributed by atoms with Crippen molar-refractivity contribution in [1.29, 1.82) is 0 Å². The van der Waals surface area contributed by atoms with Gasteiger partial charge in [-0.2, -0.15) is 13.2 Å². The Bertz CT molecular complexity index is 294. The zero-order chi connectivity index (χ0) is 14.3. The van der Waals surface area contributed by atoms with Gasteiger partial charge in [-0.15, -0.1) is 0 Å². The summed E-state index contributed by atoms with van der Waals surface area (Å²) in [7, 11) is 0. The highest BCUT2D eigenvalue weighted by Crippen LogP contribution is 2.13. The Hall–Kier alpha value is -1.35. The number of aliphatic carboxylic acids is 2. The van der Waals surface area contributed by atoms with E-state index in [0.29, 0.717) is 6.61 Å². The van der Waals surface area contributed by atoms with Crippen LogP contribution in [0, 0.1) is 0 Å². The molecule has 0 spiro atoms. The minimum atomic E-state index is -5.08. The van der Waals surface area contributed by atoms with Crippen LogP contribution in [0.25, 0.3) is 0 Å². The third kappa shape index (κ3) is 7.85. The first kappa shape index (κ1) is 16.6. The molecule has 0 radical (unpaired) electrons. The van der Waals surface area contributed by atoms with Crippen molar-refractivity contribution in [3.63, 3.8) is 0 Å². The van der Waals surface area contributed by atoms with Gasteiger partial charge in [0, 0.05) is 13.1 Å². The molecule has 0 unspecified atom stereocenters. The van der Waals surface area contributed by atoms with Crippen LogP contribution in [0.3, 0.4) is 0 Å². The van der Waals surface area contributed by atoms with E-state index >= 15 is 0 Å². The molecule has 1 fully saturated rings.